The maximum Gasteiger partial charge on any atom is 0.316 e. The van der Waals surface area contributed by atoms with E-state index in [1.807, 2.05) is 54.5 Å². The van der Waals surface area contributed by atoms with Crippen molar-refractivity contribution >= 4 is 47.6 Å². The van der Waals surface area contributed by atoms with Crippen molar-refractivity contribution in [2.45, 2.75) is 201 Å². The average Bonchev–Trinajstić information content (AvgIpc) is 3.39. The SMILES string of the molecule is C=CCc1cc(CC=C)c(OC(C)C)c(/C=C/C(=O)c2ccc(OC(=O)C(C)(C)C)cc2)c1OC(=O)C(C)(C)C.CCC(C)(C)c1cc(C(C)(C)CC)c(OC(C)C)c(/C=C/C(=O)c2ccc(OC(=O)C(C)(C)C)cc2)c1OC(=O)C(C)(C)C. The predicted molar refractivity (Wildman–Crippen MR) is 339 cm³/mol. The van der Waals surface area contributed by atoms with Crippen molar-refractivity contribution < 1.29 is 57.2 Å². The molecule has 0 heterocycles. The fourth-order valence-electron chi connectivity index (χ4n) is 7.63. The highest BCUT2D eigenvalue weighted by Gasteiger charge is 2.36. The Morgan fingerprint density at radius 1 is 0.429 bits per heavy atom. The summed E-state index contributed by atoms with van der Waals surface area (Å²) < 4.78 is 35.8. The molecule has 0 fully saturated rings. The average molecular weight is 1150 g/mol. The quantitative estimate of drug-likeness (QED) is 0.0241. The van der Waals surface area contributed by atoms with Gasteiger partial charge >= 0.3 is 23.9 Å². The van der Waals surface area contributed by atoms with Crippen LogP contribution in [0.4, 0.5) is 0 Å². The molecule has 0 aromatic heterocycles. The molecule has 4 aromatic carbocycles. The molecule has 456 valence electrons. The second-order valence-electron chi connectivity index (χ2n) is 27.1. The lowest BCUT2D eigenvalue weighted by Gasteiger charge is -2.34. The number of esters is 4. The Morgan fingerprint density at radius 2 is 0.738 bits per heavy atom. The van der Waals surface area contributed by atoms with E-state index in [0.29, 0.717) is 69.6 Å². The molecule has 0 aliphatic carbocycles. The van der Waals surface area contributed by atoms with Crippen LogP contribution in [-0.2, 0) is 42.8 Å². The second kappa shape index (κ2) is 29.0. The van der Waals surface area contributed by atoms with Crippen molar-refractivity contribution in [2.75, 3.05) is 0 Å². The summed E-state index contributed by atoms with van der Waals surface area (Å²) in [4.78, 5) is 77.5. The van der Waals surface area contributed by atoms with Crippen LogP contribution >= 0.6 is 0 Å². The predicted octanol–water partition coefficient (Wildman–Crippen LogP) is 17.4. The van der Waals surface area contributed by atoms with Crippen molar-refractivity contribution in [2.24, 2.45) is 21.7 Å². The molecular weight excluding hydrogens is 1060 g/mol. The largest absolute Gasteiger partial charge is 0.490 e. The Morgan fingerprint density at radius 3 is 1.07 bits per heavy atom. The molecule has 4 aromatic rings. The van der Waals surface area contributed by atoms with Crippen LogP contribution in [0.2, 0.25) is 0 Å². The van der Waals surface area contributed by atoms with E-state index in [2.05, 4.69) is 60.8 Å². The third kappa shape index (κ3) is 19.9. The first-order chi connectivity index (χ1) is 38.6. The molecule has 0 amide bonds. The summed E-state index contributed by atoms with van der Waals surface area (Å²) in [6.07, 6.45) is 12.0. The molecule has 4 rings (SSSR count). The van der Waals surface area contributed by atoms with Crippen molar-refractivity contribution in [1.82, 2.24) is 0 Å². The summed E-state index contributed by atoms with van der Waals surface area (Å²) >= 11 is 0. The van der Waals surface area contributed by atoms with E-state index in [-0.39, 0.29) is 52.5 Å². The number of ether oxygens (including phenoxy) is 6. The summed E-state index contributed by atoms with van der Waals surface area (Å²) in [5.41, 5.74) is 1.99. The van der Waals surface area contributed by atoms with Crippen molar-refractivity contribution in [1.29, 1.82) is 0 Å². The van der Waals surface area contributed by atoms with E-state index in [0.717, 1.165) is 35.1 Å². The van der Waals surface area contributed by atoms with Crippen LogP contribution in [0.25, 0.3) is 12.2 Å². The van der Waals surface area contributed by atoms with Crippen molar-refractivity contribution in [3.63, 3.8) is 0 Å². The van der Waals surface area contributed by atoms with E-state index < -0.39 is 27.6 Å². The van der Waals surface area contributed by atoms with E-state index in [1.54, 1.807) is 135 Å². The molecule has 0 radical (unpaired) electrons. The lowest BCUT2D eigenvalue weighted by Crippen LogP contribution is -2.29. The van der Waals surface area contributed by atoms with Gasteiger partial charge in [-0.1, -0.05) is 53.7 Å². The van der Waals surface area contributed by atoms with Gasteiger partial charge in [0, 0.05) is 22.3 Å². The van der Waals surface area contributed by atoms with Gasteiger partial charge in [-0.2, -0.15) is 0 Å². The van der Waals surface area contributed by atoms with Crippen LogP contribution in [0.1, 0.15) is 219 Å². The fraction of sp³-hybridized carbons (Fsp3) is 0.472. The third-order valence-electron chi connectivity index (χ3n) is 13.7. The van der Waals surface area contributed by atoms with Gasteiger partial charge in [0.05, 0.1) is 45.0 Å². The van der Waals surface area contributed by atoms with E-state index >= 15 is 0 Å². The van der Waals surface area contributed by atoms with E-state index in [1.165, 1.54) is 12.2 Å². The molecule has 0 saturated carbocycles. The molecule has 0 saturated heterocycles. The highest BCUT2D eigenvalue weighted by Crippen LogP contribution is 2.49. The van der Waals surface area contributed by atoms with Crippen LogP contribution < -0.4 is 28.4 Å². The summed E-state index contributed by atoms with van der Waals surface area (Å²) in [5.74, 6) is 0.565. The lowest BCUT2D eigenvalue weighted by molar-refractivity contribution is -0.143. The standard InChI is InChI=1S/C38H54O6.C34H42O6/c1-15-37(11,12)28-23-29(38(13,14)16-2)32(44-34(41)36(8,9)10)27(31(28)42-24(3)4)21-22-30(39)25-17-19-26(20-18-25)43-33(40)35(5,6)7;1-11-13-24-21-25(14-12-2)30(40-32(37)34(8,9)10)27(29(24)38-22(3)4)19-20-28(35)23-15-17-26(18-16-23)39-31(36)33(5,6)7/h17-24H,15-16H2,1-14H3;11-12,15-22H,1-2,13-14H2,3-10H3/b22-21+;20-19+. The van der Waals surface area contributed by atoms with Gasteiger partial charge in [-0.15, -0.1) is 13.2 Å². The Labute approximate surface area is 502 Å². The maximum atomic E-state index is 13.5. The second-order valence-corrected chi connectivity index (χ2v) is 27.1. The zero-order valence-corrected chi connectivity index (χ0v) is 54.5. The molecule has 0 bridgehead atoms. The first-order valence-electron chi connectivity index (χ1n) is 29.1. The molecule has 0 aliphatic heterocycles. The summed E-state index contributed by atoms with van der Waals surface area (Å²) in [7, 11) is 0. The molecule has 0 atom stereocenters. The molecule has 84 heavy (non-hydrogen) atoms. The number of hydrogen-bond acceptors (Lipinski definition) is 12. The van der Waals surface area contributed by atoms with Gasteiger partial charge in [0.15, 0.2) is 11.6 Å². The Kier molecular flexibility index (Phi) is 24.5. The summed E-state index contributed by atoms with van der Waals surface area (Å²) in [5, 5.41) is 0. The Balaban J connectivity index is 0.000000442. The summed E-state index contributed by atoms with van der Waals surface area (Å²) in [6, 6.07) is 16.9. The molecule has 12 nitrogen and oxygen atoms in total. The summed E-state index contributed by atoms with van der Waals surface area (Å²) in [6.45, 7) is 49.8. The number of ketones is 2. The van der Waals surface area contributed by atoms with Crippen molar-refractivity contribution in [3.8, 4) is 34.5 Å². The Hall–Kier alpha value is -7.34. The Bertz CT molecular complexity index is 3080. The topological polar surface area (TPSA) is 158 Å². The molecule has 0 spiro atoms. The van der Waals surface area contributed by atoms with Gasteiger partial charge in [-0.05, 0) is 243 Å². The van der Waals surface area contributed by atoms with Crippen LogP contribution in [0.5, 0.6) is 34.5 Å². The highest BCUT2D eigenvalue weighted by atomic mass is 16.6. The van der Waals surface area contributed by atoms with Crippen LogP contribution in [0, 0.1) is 21.7 Å². The minimum Gasteiger partial charge on any atom is -0.490 e. The van der Waals surface area contributed by atoms with E-state index in [4.69, 9.17) is 28.4 Å². The van der Waals surface area contributed by atoms with Gasteiger partial charge in [-0.25, -0.2) is 0 Å². The molecule has 12 heteroatoms. The van der Waals surface area contributed by atoms with Gasteiger partial charge < -0.3 is 28.4 Å². The first kappa shape index (κ1) is 70.9. The first-order valence-corrected chi connectivity index (χ1v) is 29.1. The highest BCUT2D eigenvalue weighted by molar-refractivity contribution is 6.08. The number of carbonyl (C=O) groups is 6. The third-order valence-corrected chi connectivity index (χ3v) is 13.7. The zero-order valence-electron chi connectivity index (χ0n) is 54.5. The minimum atomic E-state index is -0.751. The number of allylic oxidation sites excluding steroid dienone is 4. The zero-order chi connectivity index (χ0) is 64.1. The van der Waals surface area contributed by atoms with Crippen molar-refractivity contribution in [3.05, 3.63) is 143 Å². The molecule has 0 N–H and O–H groups in total. The lowest BCUT2D eigenvalue weighted by atomic mass is 9.74. The molecule has 0 unspecified atom stereocenters. The molecule has 0 aliphatic rings. The normalized spacial score (nSPS) is 12.4. The van der Waals surface area contributed by atoms with Crippen LogP contribution in [0.15, 0.2) is 98.1 Å². The van der Waals surface area contributed by atoms with Gasteiger partial charge in [0.1, 0.15) is 34.5 Å². The fourth-order valence-corrected chi connectivity index (χ4v) is 7.63. The van der Waals surface area contributed by atoms with Gasteiger partial charge in [0.25, 0.3) is 0 Å². The monoisotopic (exact) mass is 1150 g/mol. The number of rotatable bonds is 22. The molecular formula is C72H96O12. The van der Waals surface area contributed by atoms with E-state index in [9.17, 15) is 28.8 Å². The van der Waals surface area contributed by atoms with Crippen LogP contribution in [-0.4, -0.2) is 47.7 Å². The van der Waals surface area contributed by atoms with Gasteiger partial charge in [0.2, 0.25) is 0 Å². The minimum absolute atomic E-state index is 0.163. The van der Waals surface area contributed by atoms with Crippen LogP contribution in [0.3, 0.4) is 0 Å². The van der Waals surface area contributed by atoms with Gasteiger partial charge in [-0.3, -0.25) is 28.8 Å². The number of hydrogen-bond donors (Lipinski definition) is 0. The number of benzene rings is 4. The smallest absolute Gasteiger partial charge is 0.316 e. The number of carbonyl (C=O) groups excluding carboxylic acids is 6. The maximum absolute atomic E-state index is 13.5.